The number of carbonyl (C=O) groups excluding carboxylic acids is 1. The minimum Gasteiger partial charge on any atom is -0.448 e. The first-order valence-corrected chi connectivity index (χ1v) is 8.58. The lowest BCUT2D eigenvalue weighted by Crippen LogP contribution is -2.52. The van der Waals surface area contributed by atoms with Crippen LogP contribution < -0.4 is 5.32 Å². The highest BCUT2D eigenvalue weighted by Gasteiger charge is 2.30. The Labute approximate surface area is 142 Å². The van der Waals surface area contributed by atoms with Crippen molar-refractivity contribution in [1.82, 2.24) is 10.2 Å². The number of rotatable bonds is 2. The van der Waals surface area contributed by atoms with Crippen LogP contribution in [-0.4, -0.2) is 43.3 Å². The molecule has 0 saturated carbocycles. The number of amides is 1. The average molecular weight is 322 g/mol. The summed E-state index contributed by atoms with van der Waals surface area (Å²) in [6, 6.07) is 17.0. The highest BCUT2D eigenvalue weighted by atomic mass is 16.6. The van der Waals surface area contributed by atoms with E-state index in [4.69, 9.17) is 4.74 Å². The summed E-state index contributed by atoms with van der Waals surface area (Å²) in [5.41, 5.74) is 5.01. The van der Waals surface area contributed by atoms with Crippen molar-refractivity contribution < 1.29 is 9.53 Å². The molecule has 1 amide bonds. The van der Waals surface area contributed by atoms with E-state index in [1.807, 2.05) is 11.8 Å². The molecule has 1 saturated heterocycles. The monoisotopic (exact) mass is 322 g/mol. The van der Waals surface area contributed by atoms with Gasteiger partial charge in [-0.2, -0.15) is 0 Å². The van der Waals surface area contributed by atoms with Gasteiger partial charge in [0.05, 0.1) is 0 Å². The van der Waals surface area contributed by atoms with Crippen molar-refractivity contribution in [2.45, 2.75) is 18.9 Å². The summed E-state index contributed by atoms with van der Waals surface area (Å²) in [6.07, 6.45) is -0.203. The van der Waals surface area contributed by atoms with Crippen molar-refractivity contribution in [3.05, 3.63) is 59.7 Å². The van der Waals surface area contributed by atoms with Gasteiger partial charge in [-0.25, -0.2) is 4.79 Å². The SMILES string of the molecule is C[C@H]1CNCCN1C(=O)OCC1c2ccccc2-c2ccccc21. The van der Waals surface area contributed by atoms with E-state index >= 15 is 0 Å². The van der Waals surface area contributed by atoms with Crippen LogP contribution in [-0.2, 0) is 4.74 Å². The van der Waals surface area contributed by atoms with Crippen molar-refractivity contribution in [1.29, 1.82) is 0 Å². The zero-order chi connectivity index (χ0) is 16.5. The van der Waals surface area contributed by atoms with Crippen LogP contribution in [0.1, 0.15) is 24.0 Å². The van der Waals surface area contributed by atoms with Crippen molar-refractivity contribution in [3.8, 4) is 11.1 Å². The predicted molar refractivity (Wildman–Crippen MR) is 94.1 cm³/mol. The summed E-state index contributed by atoms with van der Waals surface area (Å²) >= 11 is 0. The van der Waals surface area contributed by atoms with Crippen LogP contribution in [0.5, 0.6) is 0 Å². The molecule has 24 heavy (non-hydrogen) atoms. The third-order valence-corrected chi connectivity index (χ3v) is 5.07. The van der Waals surface area contributed by atoms with Gasteiger partial charge in [-0.3, -0.25) is 0 Å². The zero-order valence-corrected chi connectivity index (χ0v) is 13.9. The lowest BCUT2D eigenvalue weighted by molar-refractivity contribution is 0.0792. The first-order valence-electron chi connectivity index (χ1n) is 8.58. The number of benzene rings is 2. The molecule has 2 aromatic carbocycles. The molecule has 1 aliphatic carbocycles. The molecule has 0 bridgehead atoms. The number of ether oxygens (including phenoxy) is 1. The Morgan fingerprint density at radius 3 is 2.38 bits per heavy atom. The smallest absolute Gasteiger partial charge is 0.410 e. The van der Waals surface area contributed by atoms with Gasteiger partial charge in [-0.15, -0.1) is 0 Å². The van der Waals surface area contributed by atoms with Gasteiger partial charge in [0, 0.05) is 31.6 Å². The average Bonchev–Trinajstić information content (AvgIpc) is 2.94. The number of carbonyl (C=O) groups is 1. The first-order chi connectivity index (χ1) is 11.8. The number of hydrogen-bond donors (Lipinski definition) is 1. The Hall–Kier alpha value is -2.33. The topological polar surface area (TPSA) is 41.6 Å². The van der Waals surface area contributed by atoms with Gasteiger partial charge in [0.15, 0.2) is 0 Å². The highest BCUT2D eigenvalue weighted by molar-refractivity contribution is 5.79. The molecule has 2 aromatic rings. The Balaban J connectivity index is 1.53. The molecule has 0 aromatic heterocycles. The zero-order valence-electron chi connectivity index (χ0n) is 13.9. The van der Waals surface area contributed by atoms with Crippen LogP contribution in [0.2, 0.25) is 0 Å². The summed E-state index contributed by atoms with van der Waals surface area (Å²) in [7, 11) is 0. The van der Waals surface area contributed by atoms with Gasteiger partial charge >= 0.3 is 6.09 Å². The Bertz CT molecular complexity index is 713. The van der Waals surface area contributed by atoms with E-state index in [9.17, 15) is 4.79 Å². The maximum Gasteiger partial charge on any atom is 0.410 e. The van der Waals surface area contributed by atoms with Crippen molar-refractivity contribution in [2.75, 3.05) is 26.2 Å². The van der Waals surface area contributed by atoms with Gasteiger partial charge in [-0.05, 0) is 29.2 Å². The second-order valence-electron chi connectivity index (χ2n) is 6.55. The third-order valence-electron chi connectivity index (χ3n) is 5.07. The van der Waals surface area contributed by atoms with E-state index in [1.54, 1.807) is 0 Å². The van der Waals surface area contributed by atoms with E-state index < -0.39 is 0 Å². The number of fused-ring (bicyclic) bond motifs is 3. The van der Waals surface area contributed by atoms with Gasteiger partial charge in [0.25, 0.3) is 0 Å². The summed E-state index contributed by atoms with van der Waals surface area (Å²) in [5, 5.41) is 3.29. The first kappa shape index (κ1) is 15.2. The standard InChI is InChI=1S/C20H22N2O2/c1-14-12-21-10-11-22(14)20(23)24-13-19-17-8-4-2-6-15(17)16-7-3-5-9-18(16)19/h2-9,14,19,21H,10-13H2,1H3/t14-/m0/s1. The fourth-order valence-electron chi connectivity index (χ4n) is 3.79. The molecular formula is C20H22N2O2. The molecule has 124 valence electrons. The Morgan fingerprint density at radius 2 is 1.75 bits per heavy atom. The third kappa shape index (κ3) is 2.57. The lowest BCUT2D eigenvalue weighted by Gasteiger charge is -2.33. The molecule has 0 unspecified atom stereocenters. The van der Waals surface area contributed by atoms with Gasteiger partial charge in [0.1, 0.15) is 6.61 Å². The van der Waals surface area contributed by atoms with Crippen LogP contribution >= 0.6 is 0 Å². The molecule has 4 heteroatoms. The van der Waals surface area contributed by atoms with E-state index in [-0.39, 0.29) is 18.1 Å². The molecule has 1 heterocycles. The molecule has 0 spiro atoms. The van der Waals surface area contributed by atoms with E-state index in [2.05, 4.69) is 53.8 Å². The molecule has 4 nitrogen and oxygen atoms in total. The molecule has 2 aliphatic rings. The molecule has 1 N–H and O–H groups in total. The normalized spacial score (nSPS) is 19.7. The van der Waals surface area contributed by atoms with Crippen LogP contribution in [0.3, 0.4) is 0 Å². The van der Waals surface area contributed by atoms with Crippen LogP contribution in [0.15, 0.2) is 48.5 Å². The molecule has 0 radical (unpaired) electrons. The number of nitrogens with zero attached hydrogens (tertiary/aromatic N) is 1. The van der Waals surface area contributed by atoms with Crippen molar-refractivity contribution in [2.24, 2.45) is 0 Å². The quantitative estimate of drug-likeness (QED) is 0.923. The van der Waals surface area contributed by atoms with Gasteiger partial charge < -0.3 is 15.0 Å². The van der Waals surface area contributed by atoms with Gasteiger partial charge in [0.2, 0.25) is 0 Å². The molecule has 1 aliphatic heterocycles. The summed E-state index contributed by atoms with van der Waals surface area (Å²) in [4.78, 5) is 14.3. The Kier molecular flexibility index (Phi) is 3.98. The van der Waals surface area contributed by atoms with Gasteiger partial charge in [-0.1, -0.05) is 48.5 Å². The van der Waals surface area contributed by atoms with Crippen molar-refractivity contribution >= 4 is 6.09 Å². The molecule has 1 atom stereocenters. The largest absolute Gasteiger partial charge is 0.448 e. The lowest BCUT2D eigenvalue weighted by atomic mass is 9.98. The fraction of sp³-hybridized carbons (Fsp3) is 0.350. The Morgan fingerprint density at radius 1 is 1.12 bits per heavy atom. The number of piperazine rings is 1. The van der Waals surface area contributed by atoms with E-state index in [1.165, 1.54) is 22.3 Å². The van der Waals surface area contributed by atoms with Crippen LogP contribution in [0.25, 0.3) is 11.1 Å². The van der Waals surface area contributed by atoms with Crippen LogP contribution in [0.4, 0.5) is 4.79 Å². The minimum atomic E-state index is -0.203. The second kappa shape index (κ2) is 6.29. The predicted octanol–water partition coefficient (Wildman–Crippen LogP) is 3.23. The number of nitrogens with one attached hydrogen (secondary N) is 1. The highest BCUT2D eigenvalue weighted by Crippen LogP contribution is 2.44. The second-order valence-corrected chi connectivity index (χ2v) is 6.55. The summed E-state index contributed by atoms with van der Waals surface area (Å²) < 4.78 is 5.71. The van der Waals surface area contributed by atoms with E-state index in [0.717, 1.165) is 13.1 Å². The van der Waals surface area contributed by atoms with Crippen LogP contribution in [0, 0.1) is 0 Å². The maximum atomic E-state index is 12.5. The fourth-order valence-corrected chi connectivity index (χ4v) is 3.79. The number of hydrogen-bond acceptors (Lipinski definition) is 3. The maximum absolute atomic E-state index is 12.5. The van der Waals surface area contributed by atoms with Crippen molar-refractivity contribution in [3.63, 3.8) is 0 Å². The summed E-state index contributed by atoms with van der Waals surface area (Å²) in [5.74, 6) is 0.125. The van der Waals surface area contributed by atoms with E-state index in [0.29, 0.717) is 13.2 Å². The molecule has 4 rings (SSSR count). The summed E-state index contributed by atoms with van der Waals surface area (Å²) in [6.45, 7) is 4.80. The molecular weight excluding hydrogens is 300 g/mol. The molecule has 1 fully saturated rings. The minimum absolute atomic E-state index is 0.125.